The Morgan fingerprint density at radius 1 is 0.180 bits per heavy atom. The van der Waals surface area contributed by atoms with Crippen LogP contribution in [0.25, 0.3) is 32.3 Å². The van der Waals surface area contributed by atoms with Crippen LogP contribution in [0.15, 0.2) is 36.4 Å². The number of rotatable bonds is 54. The molecule has 6 atom stereocenters. The third-order valence-electron chi connectivity index (χ3n) is 25.9. The van der Waals surface area contributed by atoms with Crippen molar-refractivity contribution in [2.24, 2.45) is 35.5 Å². The van der Waals surface area contributed by atoms with Crippen molar-refractivity contribution in [3.8, 4) is 69.0 Å². The SMILES string of the molecule is CCCCC(CC)COc1c(F)c(F)c(C(=O)Oc2cc3c4cc(OC(=O)c5c(F)c(F)c(OCC(CC)CCCC)c(F)c5F)c(OC(=O)c5c(F)c(F)c(OCC(CC)CCCC)c(F)c5F)cc4c4cc(OC(=O)c5c(F)c(F)c(OCC(CC)CCCC)c(F)c5F)c(OC(=O)c5c(F)c(F)c(OCC(CC)CCCC)c(F)c5F)cc4c3cc2OC(=O)c2c(F)c(F)c(OCC(CC)CCCC)c(F)c2F)c(F)c1F. The summed E-state index contributed by atoms with van der Waals surface area (Å²) in [5, 5.41) is -7.11. The molecule has 0 aliphatic rings. The minimum atomic E-state index is -2.73. The van der Waals surface area contributed by atoms with Gasteiger partial charge in [0.15, 0.2) is 139 Å². The third-order valence-corrected chi connectivity index (χ3v) is 25.9. The summed E-state index contributed by atoms with van der Waals surface area (Å²) in [6.07, 6.45) is 9.65. The van der Waals surface area contributed by atoms with Crippen molar-refractivity contribution in [3.63, 3.8) is 0 Å². The Labute approximate surface area is 846 Å². The van der Waals surface area contributed by atoms with Gasteiger partial charge < -0.3 is 56.8 Å². The Hall–Kier alpha value is -13.1. The zero-order chi connectivity index (χ0) is 111. The van der Waals surface area contributed by atoms with Crippen LogP contribution in [0.5, 0.6) is 69.0 Å². The van der Waals surface area contributed by atoms with E-state index in [-0.39, 0.29) is 74.9 Å². The minimum absolute atomic E-state index is 0.131. The second kappa shape index (κ2) is 53.6. The Morgan fingerprint density at radius 2 is 0.287 bits per heavy atom. The van der Waals surface area contributed by atoms with Gasteiger partial charge in [0.25, 0.3) is 0 Å². The van der Waals surface area contributed by atoms with Crippen molar-refractivity contribution in [1.82, 2.24) is 0 Å². The van der Waals surface area contributed by atoms with Crippen molar-refractivity contribution in [1.29, 1.82) is 0 Å². The molecule has 0 fully saturated rings. The first-order chi connectivity index (χ1) is 71.4. The Morgan fingerprint density at radius 3 is 0.380 bits per heavy atom. The topological polar surface area (TPSA) is 213 Å². The smallest absolute Gasteiger partial charge is 0.349 e. The number of halogens is 24. The van der Waals surface area contributed by atoms with Crippen LogP contribution in [0.1, 0.15) is 299 Å². The van der Waals surface area contributed by atoms with Crippen molar-refractivity contribution in [3.05, 3.63) is 209 Å². The first-order valence-electron chi connectivity index (χ1n) is 49.2. The van der Waals surface area contributed by atoms with Crippen molar-refractivity contribution in [2.45, 2.75) is 237 Å². The lowest BCUT2D eigenvalue weighted by atomic mass is 9.93. The highest BCUT2D eigenvalue weighted by Gasteiger charge is 2.43. The average Bonchev–Trinajstić information content (AvgIpc) is 0.716. The van der Waals surface area contributed by atoms with Crippen LogP contribution in [-0.4, -0.2) is 75.5 Å². The largest absolute Gasteiger partial charge is 0.487 e. The molecule has 42 heteroatoms. The monoisotopic (exact) mass is 2150 g/mol. The van der Waals surface area contributed by atoms with Crippen LogP contribution < -0.4 is 56.8 Å². The molecule has 6 unspecified atom stereocenters. The van der Waals surface area contributed by atoms with E-state index in [0.717, 1.165) is 0 Å². The molecule has 0 aromatic heterocycles. The maximum atomic E-state index is 16.9. The van der Waals surface area contributed by atoms with Crippen molar-refractivity contribution < 1.29 is 191 Å². The summed E-state index contributed by atoms with van der Waals surface area (Å²) in [6, 6.07) is 0.785. The van der Waals surface area contributed by atoms with E-state index in [2.05, 4.69) is 0 Å². The number of carbonyl (C=O) groups is 6. The fraction of sp³-hybridized carbons (Fsp3) is 0.444. The molecule has 10 aromatic rings. The number of carbonyl (C=O) groups excluding carboxylic acids is 6. The predicted molar refractivity (Wildman–Crippen MR) is 499 cm³/mol. The molecule has 18 nitrogen and oxygen atoms in total. The fourth-order valence-electron chi connectivity index (χ4n) is 16.5. The highest BCUT2D eigenvalue weighted by Crippen LogP contribution is 2.51. The number of unbranched alkanes of at least 4 members (excludes halogenated alkanes) is 6. The first-order valence-corrected chi connectivity index (χ1v) is 49.2. The molecule has 0 radical (unpaired) electrons. The molecule has 10 aromatic carbocycles. The lowest BCUT2D eigenvalue weighted by Gasteiger charge is -2.20. The Balaban J connectivity index is 1.38. The highest BCUT2D eigenvalue weighted by atomic mass is 19.2. The number of esters is 6. The number of hydrogen-bond acceptors (Lipinski definition) is 18. The van der Waals surface area contributed by atoms with Gasteiger partial charge in [-0.1, -0.05) is 199 Å². The number of benzene rings is 10. The number of ether oxygens (including phenoxy) is 12. The van der Waals surface area contributed by atoms with Gasteiger partial charge in [0, 0.05) is 0 Å². The van der Waals surface area contributed by atoms with E-state index >= 15 is 105 Å². The van der Waals surface area contributed by atoms with Crippen molar-refractivity contribution in [2.75, 3.05) is 39.6 Å². The molecule has 0 amide bonds. The average molecular weight is 2150 g/mol. The van der Waals surface area contributed by atoms with Crippen LogP contribution in [0.2, 0.25) is 0 Å². The number of hydrogen-bond donors (Lipinski definition) is 0. The van der Waals surface area contributed by atoms with Crippen LogP contribution in [-0.2, 0) is 0 Å². The summed E-state index contributed by atoms with van der Waals surface area (Å²) >= 11 is 0. The zero-order valence-corrected chi connectivity index (χ0v) is 83.6. The lowest BCUT2D eigenvalue weighted by molar-refractivity contribution is 0.0667. The summed E-state index contributed by atoms with van der Waals surface area (Å²) in [4.78, 5) is 89.4. The van der Waals surface area contributed by atoms with Crippen molar-refractivity contribution >= 4 is 68.1 Å². The maximum absolute atomic E-state index is 16.9. The highest BCUT2D eigenvalue weighted by molar-refractivity contribution is 6.27. The molecule has 0 aliphatic carbocycles. The van der Waals surface area contributed by atoms with Gasteiger partial charge in [0.1, 0.15) is 33.4 Å². The van der Waals surface area contributed by atoms with Gasteiger partial charge in [-0.2, -0.15) is 52.7 Å². The van der Waals surface area contributed by atoms with E-state index in [0.29, 0.717) is 116 Å². The standard InChI is InChI=1S/C108H108F24O18/c1-13-25-31-49(19-7)43-139-97-85(121)73(109)67(74(110)86(97)122)103(133)145-61-37-55-56(38-62(61)146-104(134)68-75(111)87(123)98(88(124)76(68)112)140-44-50(20-8)32-26-14-2)58-40-64(148-106(136)70-79(115)91(127)100(92(128)80(70)116)142-46-52(22-10)34-28-16-4)66(150-108(138)72-83(119)95(131)102(96(132)84(72)120)144-48-54(24-12)36-30-18-6)42-60(58)59-41-65(149-107(137)71-81(117)93(129)101(94(130)82(71)118)143-47-53(23-11)35-29-17-5)63(39-57(55)59)147-105(135)69-77(113)89(125)99(90(126)78(69)114)141-45-51(21-9)33-27-15-3/h37-42,49-54H,13-36,43-48H2,1-12H3. The van der Waals surface area contributed by atoms with E-state index < -0.39 is 385 Å². The second-order valence-electron chi connectivity index (χ2n) is 36.0. The maximum Gasteiger partial charge on any atom is 0.349 e. The molecule has 816 valence electrons. The molecule has 0 aliphatic heterocycles. The summed E-state index contributed by atoms with van der Waals surface area (Å²) in [7, 11) is 0. The van der Waals surface area contributed by atoms with E-state index in [4.69, 9.17) is 56.8 Å². The van der Waals surface area contributed by atoms with Gasteiger partial charge in [-0.05, 0) is 143 Å². The minimum Gasteiger partial charge on any atom is -0.487 e. The molecule has 10 rings (SSSR count). The van der Waals surface area contributed by atoms with Crippen LogP contribution >= 0.6 is 0 Å². The van der Waals surface area contributed by atoms with Crippen LogP contribution in [0.3, 0.4) is 0 Å². The molecular formula is C108H108F24O18. The van der Waals surface area contributed by atoms with E-state index in [9.17, 15) is 28.8 Å². The van der Waals surface area contributed by atoms with E-state index in [1.807, 2.05) is 0 Å². The van der Waals surface area contributed by atoms with Gasteiger partial charge in [-0.3, -0.25) is 0 Å². The van der Waals surface area contributed by atoms with Crippen LogP contribution in [0, 0.1) is 175 Å². The summed E-state index contributed by atoms with van der Waals surface area (Å²) in [5.74, 6) is -104. The predicted octanol–water partition coefficient (Wildman–Crippen LogP) is 31.4. The summed E-state index contributed by atoms with van der Waals surface area (Å²) in [5.41, 5.74) is -14.6. The Kier molecular flexibility index (Phi) is 42.4. The zero-order valence-electron chi connectivity index (χ0n) is 83.6. The molecule has 0 bridgehead atoms. The van der Waals surface area contributed by atoms with E-state index in [1.165, 1.54) is 0 Å². The fourth-order valence-corrected chi connectivity index (χ4v) is 16.5. The summed E-state index contributed by atoms with van der Waals surface area (Å²) < 4.78 is 464. The third kappa shape index (κ3) is 26.0. The molecular weight excluding hydrogens is 2040 g/mol. The normalized spacial score (nSPS) is 12.8. The molecule has 150 heavy (non-hydrogen) atoms. The molecule has 0 N–H and O–H groups in total. The first kappa shape index (κ1) is 119. The van der Waals surface area contributed by atoms with Gasteiger partial charge >= 0.3 is 35.8 Å². The lowest BCUT2D eigenvalue weighted by Crippen LogP contribution is -2.21. The van der Waals surface area contributed by atoms with Gasteiger partial charge in [0.05, 0.1) is 39.6 Å². The van der Waals surface area contributed by atoms with Gasteiger partial charge in [0.2, 0.25) is 69.8 Å². The Bertz CT molecular complexity index is 5470. The molecule has 0 saturated heterocycles. The van der Waals surface area contributed by atoms with Crippen LogP contribution in [0.4, 0.5) is 105 Å². The molecule has 0 spiro atoms. The quantitative estimate of drug-likeness (QED) is 0.0114. The number of fused-ring (bicyclic) bond motifs is 6. The summed E-state index contributed by atoms with van der Waals surface area (Å²) in [6.45, 7) is 16.3. The van der Waals surface area contributed by atoms with Gasteiger partial charge in [-0.25, -0.2) is 81.5 Å². The second-order valence-corrected chi connectivity index (χ2v) is 36.0. The van der Waals surface area contributed by atoms with E-state index in [1.54, 1.807) is 83.1 Å². The molecule has 0 saturated carbocycles. The van der Waals surface area contributed by atoms with Gasteiger partial charge in [-0.15, -0.1) is 0 Å². The molecule has 0 heterocycles.